The number of Topliss-reactive ketones (excluding diaryl/α,β-unsaturated/α-hetero) is 1. The lowest BCUT2D eigenvalue weighted by Gasteiger charge is -2.34. The Kier molecular flexibility index (Phi) is 7.83. The van der Waals surface area contributed by atoms with Gasteiger partial charge < -0.3 is 4.90 Å². The molecule has 0 saturated carbocycles. The molecule has 0 aliphatic carbocycles. The lowest BCUT2D eigenvalue weighted by atomic mass is 9.89. The minimum absolute atomic E-state index is 0.00148. The predicted octanol–water partition coefficient (Wildman–Crippen LogP) is 5.60. The number of benzene rings is 3. The van der Waals surface area contributed by atoms with Gasteiger partial charge in [-0.3, -0.25) is 14.3 Å². The number of sulfonamides is 1. The summed E-state index contributed by atoms with van der Waals surface area (Å²) in [7, 11) is -3.43. The third-order valence-electron chi connectivity index (χ3n) is 6.84. The second-order valence-electron chi connectivity index (χ2n) is 10.1. The molecule has 1 aliphatic heterocycles. The fraction of sp³-hybridized carbons (Fsp3) is 0.333. The average molecular weight is 519 g/mol. The van der Waals surface area contributed by atoms with Gasteiger partial charge in [-0.05, 0) is 74.1 Å². The largest absolute Gasteiger partial charge is 0.312 e. The van der Waals surface area contributed by atoms with Crippen molar-refractivity contribution >= 4 is 33.1 Å². The molecule has 6 nitrogen and oxygen atoms in total. The van der Waals surface area contributed by atoms with Gasteiger partial charge in [-0.25, -0.2) is 8.42 Å². The summed E-state index contributed by atoms with van der Waals surface area (Å²) in [5.74, 6) is -0.228. The molecule has 1 heterocycles. The van der Waals surface area contributed by atoms with Gasteiger partial charge in [-0.1, -0.05) is 48.0 Å². The number of ketones is 1. The fourth-order valence-electron chi connectivity index (χ4n) is 5.20. The van der Waals surface area contributed by atoms with E-state index in [1.165, 1.54) is 0 Å². The Morgan fingerprint density at radius 3 is 2.30 bits per heavy atom. The first-order valence-electron chi connectivity index (χ1n) is 12.6. The van der Waals surface area contributed by atoms with Crippen molar-refractivity contribution in [2.45, 2.75) is 46.5 Å². The molecule has 0 bridgehead atoms. The van der Waals surface area contributed by atoms with Gasteiger partial charge in [0, 0.05) is 36.6 Å². The van der Waals surface area contributed by atoms with Crippen molar-refractivity contribution in [3.63, 3.8) is 0 Å². The molecule has 3 aromatic rings. The lowest BCUT2D eigenvalue weighted by molar-refractivity contribution is -0.128. The Labute approximate surface area is 219 Å². The van der Waals surface area contributed by atoms with Crippen LogP contribution in [-0.4, -0.2) is 32.9 Å². The average Bonchev–Trinajstić information content (AvgIpc) is 2.82. The van der Waals surface area contributed by atoms with Crippen LogP contribution in [0.5, 0.6) is 0 Å². The monoisotopic (exact) mass is 518 g/mol. The smallest absolute Gasteiger partial charge is 0.230 e. The van der Waals surface area contributed by atoms with Gasteiger partial charge in [-0.2, -0.15) is 0 Å². The normalized spacial score (nSPS) is 16.1. The predicted molar refractivity (Wildman–Crippen MR) is 149 cm³/mol. The molecule has 194 valence electrons. The molecule has 0 unspecified atom stereocenters. The van der Waals surface area contributed by atoms with Crippen molar-refractivity contribution in [2.24, 2.45) is 5.92 Å². The molecule has 1 saturated heterocycles. The zero-order valence-electron chi connectivity index (χ0n) is 21.9. The van der Waals surface area contributed by atoms with Crippen molar-refractivity contribution < 1.29 is 18.0 Å². The number of piperidine rings is 1. The number of para-hydroxylation sites is 1. The van der Waals surface area contributed by atoms with E-state index in [-0.39, 0.29) is 24.0 Å². The lowest BCUT2D eigenvalue weighted by Crippen LogP contribution is -2.42. The first-order valence-corrected chi connectivity index (χ1v) is 14.5. The number of hydrogen-bond donors (Lipinski definition) is 1. The van der Waals surface area contributed by atoms with E-state index in [2.05, 4.69) is 4.72 Å². The van der Waals surface area contributed by atoms with Crippen LogP contribution in [0, 0.1) is 26.7 Å². The summed E-state index contributed by atoms with van der Waals surface area (Å²) in [4.78, 5) is 28.2. The molecule has 3 aromatic carbocycles. The van der Waals surface area contributed by atoms with Crippen molar-refractivity contribution in [2.75, 3.05) is 22.4 Å². The number of aryl methyl sites for hydroxylation is 3. The second kappa shape index (κ2) is 10.9. The summed E-state index contributed by atoms with van der Waals surface area (Å²) < 4.78 is 26.3. The highest BCUT2D eigenvalue weighted by atomic mass is 32.2. The van der Waals surface area contributed by atoms with Crippen LogP contribution in [0.1, 0.15) is 41.5 Å². The molecular formula is C30H34N2O4S. The Morgan fingerprint density at radius 2 is 1.65 bits per heavy atom. The molecule has 4 rings (SSSR count). The number of rotatable bonds is 8. The number of amides is 1. The Hall–Kier alpha value is -3.45. The molecule has 1 atom stereocenters. The highest BCUT2D eigenvalue weighted by Gasteiger charge is 2.32. The fourth-order valence-corrected chi connectivity index (χ4v) is 5.78. The molecular weight excluding hydrogens is 484 g/mol. The molecule has 0 radical (unpaired) electrons. The van der Waals surface area contributed by atoms with E-state index >= 15 is 0 Å². The van der Waals surface area contributed by atoms with Gasteiger partial charge in [0.1, 0.15) is 5.78 Å². The summed E-state index contributed by atoms with van der Waals surface area (Å²) in [6.45, 7) is 6.58. The van der Waals surface area contributed by atoms with Crippen molar-refractivity contribution in [1.82, 2.24) is 0 Å². The minimum Gasteiger partial charge on any atom is -0.312 e. The maximum atomic E-state index is 13.5. The van der Waals surface area contributed by atoms with Crippen LogP contribution in [0.2, 0.25) is 0 Å². The molecule has 1 fully saturated rings. The van der Waals surface area contributed by atoms with Crippen molar-refractivity contribution in [1.29, 1.82) is 0 Å². The summed E-state index contributed by atoms with van der Waals surface area (Å²) >= 11 is 0. The number of carbonyl (C=O) groups excluding carboxylic acids is 2. The number of anilines is 2. The molecule has 1 amide bonds. The third kappa shape index (κ3) is 6.46. The first-order chi connectivity index (χ1) is 17.5. The Bertz CT molecular complexity index is 1410. The van der Waals surface area contributed by atoms with Crippen LogP contribution in [0.15, 0.2) is 60.7 Å². The van der Waals surface area contributed by atoms with Crippen LogP contribution in [-0.2, 0) is 26.0 Å². The Morgan fingerprint density at radius 1 is 1.00 bits per heavy atom. The quantitative estimate of drug-likeness (QED) is 0.421. The van der Waals surface area contributed by atoms with E-state index in [1.54, 1.807) is 12.1 Å². The highest BCUT2D eigenvalue weighted by Crippen LogP contribution is 2.37. The van der Waals surface area contributed by atoms with Crippen LogP contribution >= 0.6 is 0 Å². The van der Waals surface area contributed by atoms with Crippen LogP contribution in [0.25, 0.3) is 11.1 Å². The molecule has 0 spiro atoms. The van der Waals surface area contributed by atoms with Gasteiger partial charge in [0.15, 0.2) is 0 Å². The zero-order valence-corrected chi connectivity index (χ0v) is 22.7. The topological polar surface area (TPSA) is 83.6 Å². The summed E-state index contributed by atoms with van der Waals surface area (Å²) in [5.41, 5.74) is 7.03. The van der Waals surface area contributed by atoms with Crippen LogP contribution in [0.4, 0.5) is 11.4 Å². The van der Waals surface area contributed by atoms with E-state index in [0.717, 1.165) is 58.2 Å². The molecule has 0 aromatic heterocycles. The SMILES string of the molecule is Cc1ccc(CC(=O)C[C@@H]2CCCN(c3c(C)cc(-c4ccccc4NS(C)(=O)=O)cc3C)C2=O)cc1. The van der Waals surface area contributed by atoms with Gasteiger partial charge in [0.05, 0.1) is 11.9 Å². The first kappa shape index (κ1) is 26.6. The summed E-state index contributed by atoms with van der Waals surface area (Å²) in [6, 6.07) is 19.2. The van der Waals surface area contributed by atoms with Crippen molar-refractivity contribution in [3.05, 3.63) is 82.9 Å². The third-order valence-corrected chi connectivity index (χ3v) is 7.43. The van der Waals surface area contributed by atoms with Gasteiger partial charge in [0.2, 0.25) is 15.9 Å². The van der Waals surface area contributed by atoms with Gasteiger partial charge in [0.25, 0.3) is 0 Å². The second-order valence-corrected chi connectivity index (χ2v) is 11.9. The standard InChI is InChI=1S/C30H34N2O4S/c1-20-11-13-23(14-12-20)18-26(33)19-24-8-7-15-32(30(24)34)29-21(2)16-25(17-22(29)3)27-9-5-6-10-28(27)31-37(4,35)36/h5-6,9-14,16-17,24,31H,7-8,15,18-19H2,1-4H3/t24-/m0/s1. The highest BCUT2D eigenvalue weighted by molar-refractivity contribution is 7.92. The van der Waals surface area contributed by atoms with E-state index in [4.69, 9.17) is 0 Å². The van der Waals surface area contributed by atoms with Crippen LogP contribution < -0.4 is 9.62 Å². The van der Waals surface area contributed by atoms with E-state index in [1.807, 2.05) is 74.2 Å². The number of hydrogen-bond acceptors (Lipinski definition) is 4. The molecule has 1 N–H and O–H groups in total. The number of nitrogens with one attached hydrogen (secondary N) is 1. The molecule has 37 heavy (non-hydrogen) atoms. The molecule has 1 aliphatic rings. The maximum Gasteiger partial charge on any atom is 0.230 e. The maximum absolute atomic E-state index is 13.5. The van der Waals surface area contributed by atoms with Gasteiger partial charge in [-0.15, -0.1) is 0 Å². The van der Waals surface area contributed by atoms with Crippen molar-refractivity contribution in [3.8, 4) is 11.1 Å². The van der Waals surface area contributed by atoms with E-state index < -0.39 is 10.0 Å². The number of nitrogens with zero attached hydrogens (tertiary/aromatic N) is 1. The van der Waals surface area contributed by atoms with E-state index in [0.29, 0.717) is 18.7 Å². The Balaban J connectivity index is 1.55. The zero-order chi connectivity index (χ0) is 26.7. The number of carbonyl (C=O) groups is 2. The minimum atomic E-state index is -3.43. The summed E-state index contributed by atoms with van der Waals surface area (Å²) in [6.07, 6.45) is 3.29. The van der Waals surface area contributed by atoms with Crippen LogP contribution in [0.3, 0.4) is 0 Å². The van der Waals surface area contributed by atoms with E-state index in [9.17, 15) is 18.0 Å². The molecule has 7 heteroatoms. The van der Waals surface area contributed by atoms with Gasteiger partial charge >= 0.3 is 0 Å². The summed E-state index contributed by atoms with van der Waals surface area (Å²) in [5, 5.41) is 0.